The summed E-state index contributed by atoms with van der Waals surface area (Å²) in [6.07, 6.45) is -0.489. The van der Waals surface area contributed by atoms with Crippen LogP contribution >= 0.6 is 0 Å². The number of β-amino-alcohol motifs (C(OH)–C–C–N with tert-alkyl or cyclic N) is 1. The van der Waals surface area contributed by atoms with Crippen molar-refractivity contribution in [3.05, 3.63) is 0 Å². The summed E-state index contributed by atoms with van der Waals surface area (Å²) >= 11 is 0. The molecule has 1 rings (SSSR count). The van der Waals surface area contributed by atoms with E-state index >= 15 is 0 Å². The zero-order chi connectivity index (χ0) is 12.3. The summed E-state index contributed by atoms with van der Waals surface area (Å²) in [5.74, 6) is -1.20. The number of aliphatic hydroxyl groups excluding tert-OH is 1. The summed E-state index contributed by atoms with van der Waals surface area (Å²) in [4.78, 5) is 24.1. The minimum atomic E-state index is -0.993. The highest BCUT2D eigenvalue weighted by molar-refractivity contribution is 5.83. The summed E-state index contributed by atoms with van der Waals surface area (Å²) in [7, 11) is 0. The molecule has 1 amide bonds. The zero-order valence-electron chi connectivity index (χ0n) is 9.51. The predicted octanol–water partition coefficient (Wildman–Crippen LogP) is -0.969. The fraction of sp³-hybridized carbons (Fsp3) is 0.800. The van der Waals surface area contributed by atoms with Gasteiger partial charge in [-0.3, -0.25) is 14.5 Å². The molecule has 0 radical (unpaired) electrons. The number of carbonyl (C=O) groups is 2. The summed E-state index contributed by atoms with van der Waals surface area (Å²) in [5, 5.41) is 21.1. The van der Waals surface area contributed by atoms with E-state index in [1.54, 1.807) is 13.8 Å². The van der Waals surface area contributed by atoms with Crippen LogP contribution in [0.5, 0.6) is 0 Å². The monoisotopic (exact) mass is 230 g/mol. The number of hydrogen-bond acceptors (Lipinski definition) is 4. The van der Waals surface area contributed by atoms with Crippen molar-refractivity contribution in [2.45, 2.75) is 38.5 Å². The number of aliphatic hydroxyl groups is 1. The molecule has 0 spiro atoms. The molecule has 0 aliphatic carbocycles. The molecule has 1 saturated heterocycles. The number of carboxylic acid groups (broad SMARTS) is 1. The smallest absolute Gasteiger partial charge is 0.321 e. The summed E-state index contributed by atoms with van der Waals surface area (Å²) in [6, 6.07) is -1.30. The number of nitrogens with zero attached hydrogens (tertiary/aromatic N) is 1. The van der Waals surface area contributed by atoms with Gasteiger partial charge in [0, 0.05) is 19.5 Å². The van der Waals surface area contributed by atoms with Crippen molar-refractivity contribution in [2.24, 2.45) is 0 Å². The van der Waals surface area contributed by atoms with Gasteiger partial charge in [0.2, 0.25) is 5.91 Å². The minimum absolute atomic E-state index is 0.180. The quantitative estimate of drug-likeness (QED) is 0.578. The first-order valence-corrected chi connectivity index (χ1v) is 5.41. The van der Waals surface area contributed by atoms with Gasteiger partial charge in [0.15, 0.2) is 0 Å². The molecular weight excluding hydrogens is 212 g/mol. The molecule has 0 aromatic heterocycles. The fourth-order valence-corrected chi connectivity index (χ4v) is 1.98. The molecule has 0 saturated carbocycles. The number of nitrogens with one attached hydrogen (secondary N) is 1. The molecule has 0 aromatic carbocycles. The second-order valence-corrected chi connectivity index (χ2v) is 4.01. The highest BCUT2D eigenvalue weighted by Gasteiger charge is 2.40. The Morgan fingerprint density at radius 1 is 1.56 bits per heavy atom. The first-order chi connectivity index (χ1) is 7.47. The van der Waals surface area contributed by atoms with E-state index in [0.717, 1.165) is 0 Å². The van der Waals surface area contributed by atoms with Gasteiger partial charge < -0.3 is 15.5 Å². The average Bonchev–Trinajstić information content (AvgIpc) is 2.59. The highest BCUT2D eigenvalue weighted by atomic mass is 16.4. The van der Waals surface area contributed by atoms with Crippen LogP contribution < -0.4 is 5.32 Å². The lowest BCUT2D eigenvalue weighted by atomic mass is 10.2. The molecule has 6 nitrogen and oxygen atoms in total. The number of rotatable bonds is 4. The van der Waals surface area contributed by atoms with E-state index in [-0.39, 0.29) is 18.9 Å². The summed E-state index contributed by atoms with van der Waals surface area (Å²) in [5.41, 5.74) is 0. The molecule has 1 heterocycles. The van der Waals surface area contributed by atoms with Gasteiger partial charge >= 0.3 is 5.97 Å². The van der Waals surface area contributed by atoms with Crippen molar-refractivity contribution in [1.29, 1.82) is 0 Å². The largest absolute Gasteiger partial charge is 0.480 e. The third-order valence-electron chi connectivity index (χ3n) is 2.83. The van der Waals surface area contributed by atoms with Crippen LogP contribution in [0.15, 0.2) is 0 Å². The second-order valence-electron chi connectivity index (χ2n) is 4.01. The Kier molecular flexibility index (Phi) is 4.26. The number of likely N-dealkylation sites (N-methyl/N-ethyl adjacent to an activating group) is 1. The predicted molar refractivity (Wildman–Crippen MR) is 56.9 cm³/mol. The Hall–Kier alpha value is -1.14. The lowest BCUT2D eigenvalue weighted by Gasteiger charge is -2.26. The lowest BCUT2D eigenvalue weighted by molar-refractivity contribution is -0.143. The molecule has 6 heteroatoms. The molecule has 0 bridgehead atoms. The van der Waals surface area contributed by atoms with E-state index < -0.39 is 24.2 Å². The van der Waals surface area contributed by atoms with Crippen LogP contribution in [0.25, 0.3) is 0 Å². The van der Waals surface area contributed by atoms with Crippen molar-refractivity contribution in [3.8, 4) is 0 Å². The van der Waals surface area contributed by atoms with Crippen molar-refractivity contribution < 1.29 is 19.8 Å². The number of hydrogen-bond donors (Lipinski definition) is 3. The van der Waals surface area contributed by atoms with Gasteiger partial charge in [-0.25, -0.2) is 0 Å². The second kappa shape index (κ2) is 5.27. The molecule has 1 fully saturated rings. The van der Waals surface area contributed by atoms with Crippen molar-refractivity contribution in [2.75, 3.05) is 13.1 Å². The number of likely N-dealkylation sites (tertiary alicyclic amines) is 1. The van der Waals surface area contributed by atoms with Crippen LogP contribution in [-0.2, 0) is 9.59 Å². The SMILES string of the molecule is CCNC(=O)C(C)N1CC(O)CC1C(=O)O. The molecule has 3 N–H and O–H groups in total. The van der Waals surface area contributed by atoms with Crippen LogP contribution in [0.2, 0.25) is 0 Å². The number of carboxylic acids is 1. The molecule has 3 unspecified atom stereocenters. The standard InChI is InChI=1S/C10H18N2O4/c1-3-11-9(14)6(2)12-5-7(13)4-8(12)10(15)16/h6-8,13H,3-5H2,1-2H3,(H,11,14)(H,15,16). The van der Waals surface area contributed by atoms with Crippen molar-refractivity contribution in [3.63, 3.8) is 0 Å². The minimum Gasteiger partial charge on any atom is -0.480 e. The van der Waals surface area contributed by atoms with Crippen LogP contribution in [-0.4, -0.2) is 58.3 Å². The van der Waals surface area contributed by atoms with Gasteiger partial charge in [-0.1, -0.05) is 0 Å². The van der Waals surface area contributed by atoms with Gasteiger partial charge in [-0.15, -0.1) is 0 Å². The molecule has 3 atom stereocenters. The van der Waals surface area contributed by atoms with E-state index in [4.69, 9.17) is 5.11 Å². The summed E-state index contributed by atoms with van der Waals surface area (Å²) in [6.45, 7) is 4.20. The first kappa shape index (κ1) is 12.9. The van der Waals surface area contributed by atoms with E-state index in [9.17, 15) is 14.7 Å². The lowest BCUT2D eigenvalue weighted by Crippen LogP contribution is -2.49. The maximum atomic E-state index is 11.6. The maximum Gasteiger partial charge on any atom is 0.321 e. The Morgan fingerprint density at radius 3 is 2.69 bits per heavy atom. The Balaban J connectivity index is 2.70. The van der Waals surface area contributed by atoms with Crippen LogP contribution in [0, 0.1) is 0 Å². The molecule has 0 aromatic rings. The molecule has 16 heavy (non-hydrogen) atoms. The van der Waals surface area contributed by atoms with Gasteiger partial charge in [0.25, 0.3) is 0 Å². The Morgan fingerprint density at radius 2 is 2.19 bits per heavy atom. The highest BCUT2D eigenvalue weighted by Crippen LogP contribution is 2.20. The number of aliphatic carboxylic acids is 1. The van der Waals surface area contributed by atoms with Crippen molar-refractivity contribution in [1.82, 2.24) is 10.2 Å². The van der Waals surface area contributed by atoms with Gasteiger partial charge in [0.05, 0.1) is 12.1 Å². The molecule has 1 aliphatic rings. The van der Waals surface area contributed by atoms with Crippen LogP contribution in [0.4, 0.5) is 0 Å². The van der Waals surface area contributed by atoms with Gasteiger partial charge in [-0.2, -0.15) is 0 Å². The van der Waals surface area contributed by atoms with Crippen LogP contribution in [0.1, 0.15) is 20.3 Å². The van der Waals surface area contributed by atoms with E-state index in [1.807, 2.05) is 0 Å². The van der Waals surface area contributed by atoms with Crippen LogP contribution in [0.3, 0.4) is 0 Å². The van der Waals surface area contributed by atoms with Crippen molar-refractivity contribution >= 4 is 11.9 Å². The molecule has 1 aliphatic heterocycles. The Bertz CT molecular complexity index is 282. The molecular formula is C10H18N2O4. The van der Waals surface area contributed by atoms with E-state index in [2.05, 4.69) is 5.32 Å². The maximum absolute atomic E-state index is 11.6. The Labute approximate surface area is 94.2 Å². The number of amides is 1. The average molecular weight is 230 g/mol. The van der Waals surface area contributed by atoms with E-state index in [0.29, 0.717) is 6.54 Å². The third kappa shape index (κ3) is 2.70. The van der Waals surface area contributed by atoms with Gasteiger partial charge in [-0.05, 0) is 13.8 Å². The van der Waals surface area contributed by atoms with E-state index in [1.165, 1.54) is 4.90 Å². The topological polar surface area (TPSA) is 89.9 Å². The molecule has 92 valence electrons. The first-order valence-electron chi connectivity index (χ1n) is 5.41. The van der Waals surface area contributed by atoms with Gasteiger partial charge in [0.1, 0.15) is 6.04 Å². The normalized spacial score (nSPS) is 27.7. The summed E-state index contributed by atoms with van der Waals surface area (Å²) < 4.78 is 0. The third-order valence-corrected chi connectivity index (χ3v) is 2.83. The number of carbonyl (C=O) groups excluding carboxylic acids is 1. The zero-order valence-corrected chi connectivity index (χ0v) is 9.51. The fourth-order valence-electron chi connectivity index (χ4n) is 1.98.